The number of hydrogen-bond acceptors (Lipinski definition) is 5. The summed E-state index contributed by atoms with van der Waals surface area (Å²) in [5.74, 6) is -1.06. The zero-order chi connectivity index (χ0) is 19.2. The van der Waals surface area contributed by atoms with Gasteiger partial charge in [0.1, 0.15) is 0 Å². The van der Waals surface area contributed by atoms with Crippen LogP contribution in [0.2, 0.25) is 0 Å². The molecular formula is C18H14BrN3O5. The fourth-order valence-electron chi connectivity index (χ4n) is 2.16. The van der Waals surface area contributed by atoms with E-state index in [1.165, 1.54) is 12.3 Å². The van der Waals surface area contributed by atoms with Crippen LogP contribution in [-0.4, -0.2) is 24.3 Å². The van der Waals surface area contributed by atoms with Crippen molar-refractivity contribution in [2.75, 3.05) is 17.2 Å². The summed E-state index contributed by atoms with van der Waals surface area (Å²) < 4.78 is 10.5. The first kappa shape index (κ1) is 18.5. The van der Waals surface area contributed by atoms with Crippen molar-refractivity contribution in [3.63, 3.8) is 0 Å². The minimum Gasteiger partial charge on any atom is -0.459 e. The van der Waals surface area contributed by atoms with Crippen molar-refractivity contribution >= 4 is 45.0 Å². The molecule has 3 N–H and O–H groups in total. The number of hydrogen-bond donors (Lipinski definition) is 3. The van der Waals surface area contributed by atoms with Gasteiger partial charge in [-0.25, -0.2) is 0 Å². The topological polar surface area (TPSA) is 114 Å². The zero-order valence-corrected chi connectivity index (χ0v) is 15.4. The summed E-state index contributed by atoms with van der Waals surface area (Å²) in [6.45, 7) is -0.236. The smallest absolute Gasteiger partial charge is 0.291 e. The Balaban J connectivity index is 1.53. The van der Waals surface area contributed by atoms with Crippen molar-refractivity contribution in [1.82, 2.24) is 5.32 Å². The van der Waals surface area contributed by atoms with Crippen LogP contribution in [0.15, 0.2) is 68.3 Å². The maximum atomic E-state index is 12.0. The molecule has 0 unspecified atom stereocenters. The number of benzene rings is 1. The van der Waals surface area contributed by atoms with Gasteiger partial charge in [0.2, 0.25) is 5.91 Å². The van der Waals surface area contributed by atoms with E-state index in [2.05, 4.69) is 31.9 Å². The maximum Gasteiger partial charge on any atom is 0.291 e. The van der Waals surface area contributed by atoms with Gasteiger partial charge in [-0.2, -0.15) is 0 Å². The maximum absolute atomic E-state index is 12.0. The van der Waals surface area contributed by atoms with E-state index in [1.54, 1.807) is 42.5 Å². The number of anilines is 2. The van der Waals surface area contributed by atoms with Crippen LogP contribution in [0.4, 0.5) is 11.4 Å². The predicted octanol–water partition coefficient (Wildman–Crippen LogP) is 3.26. The van der Waals surface area contributed by atoms with Gasteiger partial charge in [0.05, 0.1) is 12.8 Å². The lowest BCUT2D eigenvalue weighted by atomic mass is 10.2. The third kappa shape index (κ3) is 5.08. The van der Waals surface area contributed by atoms with Crippen molar-refractivity contribution in [1.29, 1.82) is 0 Å². The van der Waals surface area contributed by atoms with Crippen molar-refractivity contribution in [3.05, 3.63) is 71.0 Å². The lowest BCUT2D eigenvalue weighted by Crippen LogP contribution is -2.32. The Labute approximate surface area is 162 Å². The highest BCUT2D eigenvalue weighted by Crippen LogP contribution is 2.16. The Morgan fingerprint density at radius 1 is 0.889 bits per heavy atom. The molecule has 0 fully saturated rings. The predicted molar refractivity (Wildman–Crippen MR) is 100 cm³/mol. The second-order valence-corrected chi connectivity index (χ2v) is 6.13. The van der Waals surface area contributed by atoms with Crippen LogP contribution in [0, 0.1) is 0 Å². The van der Waals surface area contributed by atoms with Crippen LogP contribution < -0.4 is 16.0 Å². The molecule has 138 valence electrons. The zero-order valence-electron chi connectivity index (χ0n) is 13.8. The fourth-order valence-corrected chi connectivity index (χ4v) is 2.47. The SMILES string of the molecule is O=C(CNC(=O)c1ccc(Br)o1)Nc1cccc(NC(=O)c2ccco2)c1. The Morgan fingerprint density at radius 2 is 1.67 bits per heavy atom. The van der Waals surface area contributed by atoms with Gasteiger partial charge in [0.25, 0.3) is 11.8 Å². The minimum absolute atomic E-state index is 0.0947. The third-order valence-electron chi connectivity index (χ3n) is 3.36. The standard InChI is InChI=1S/C18H14BrN3O5/c19-15-7-6-14(27-15)17(24)20-10-16(23)21-11-3-1-4-12(9-11)22-18(25)13-5-2-8-26-13/h1-9H,10H2,(H,20,24)(H,21,23)(H,22,25). The van der Waals surface area contributed by atoms with Gasteiger partial charge in [-0.15, -0.1) is 0 Å². The number of amides is 3. The first-order valence-corrected chi connectivity index (χ1v) is 8.59. The lowest BCUT2D eigenvalue weighted by Gasteiger charge is -2.08. The van der Waals surface area contributed by atoms with E-state index in [-0.39, 0.29) is 18.1 Å². The molecule has 1 aromatic carbocycles. The Morgan fingerprint density at radius 3 is 2.33 bits per heavy atom. The van der Waals surface area contributed by atoms with Gasteiger partial charge in [-0.05, 0) is 58.4 Å². The fraction of sp³-hybridized carbons (Fsp3) is 0.0556. The van der Waals surface area contributed by atoms with Crippen molar-refractivity contribution < 1.29 is 23.2 Å². The molecule has 3 rings (SSSR count). The minimum atomic E-state index is -0.504. The highest BCUT2D eigenvalue weighted by atomic mass is 79.9. The van der Waals surface area contributed by atoms with Crippen LogP contribution in [0.3, 0.4) is 0 Å². The Kier molecular flexibility index (Phi) is 5.72. The van der Waals surface area contributed by atoms with Gasteiger partial charge < -0.3 is 24.8 Å². The quantitative estimate of drug-likeness (QED) is 0.554. The molecule has 0 aliphatic rings. The van der Waals surface area contributed by atoms with Crippen LogP contribution >= 0.6 is 15.9 Å². The number of carbonyl (C=O) groups excluding carboxylic acids is 3. The van der Waals surface area contributed by atoms with Crippen molar-refractivity contribution in [3.8, 4) is 0 Å². The van der Waals surface area contributed by atoms with Crippen molar-refractivity contribution in [2.45, 2.75) is 0 Å². The van der Waals surface area contributed by atoms with Gasteiger partial charge in [-0.3, -0.25) is 14.4 Å². The lowest BCUT2D eigenvalue weighted by molar-refractivity contribution is -0.115. The van der Waals surface area contributed by atoms with E-state index in [0.717, 1.165) is 0 Å². The van der Waals surface area contributed by atoms with Crippen molar-refractivity contribution in [2.24, 2.45) is 0 Å². The summed E-state index contributed by atoms with van der Waals surface area (Å²) in [7, 11) is 0. The summed E-state index contributed by atoms with van der Waals surface area (Å²) >= 11 is 3.10. The van der Waals surface area contributed by atoms with E-state index in [1.807, 2.05) is 0 Å². The molecular weight excluding hydrogens is 418 g/mol. The molecule has 0 aliphatic carbocycles. The summed E-state index contributed by atoms with van der Waals surface area (Å²) in [5, 5.41) is 7.75. The van der Waals surface area contributed by atoms with Gasteiger partial charge in [0, 0.05) is 11.4 Å². The second kappa shape index (κ2) is 8.37. The molecule has 27 heavy (non-hydrogen) atoms. The van der Waals surface area contributed by atoms with Gasteiger partial charge >= 0.3 is 0 Å². The highest BCUT2D eigenvalue weighted by Gasteiger charge is 2.13. The van der Waals surface area contributed by atoms with Gasteiger partial charge in [0.15, 0.2) is 16.2 Å². The van der Waals surface area contributed by atoms with Crippen LogP contribution in [0.1, 0.15) is 21.1 Å². The molecule has 2 aromatic heterocycles. The molecule has 9 heteroatoms. The number of halogens is 1. The second-order valence-electron chi connectivity index (χ2n) is 5.35. The summed E-state index contributed by atoms with van der Waals surface area (Å²) in [6, 6.07) is 12.8. The highest BCUT2D eigenvalue weighted by molar-refractivity contribution is 9.10. The number of furan rings is 2. The molecule has 0 atom stereocenters. The number of carbonyl (C=O) groups is 3. The summed E-state index contributed by atoms with van der Waals surface area (Å²) in [5.41, 5.74) is 0.950. The largest absolute Gasteiger partial charge is 0.459 e. The first-order valence-electron chi connectivity index (χ1n) is 7.79. The van der Waals surface area contributed by atoms with Crippen LogP contribution in [-0.2, 0) is 4.79 Å². The average Bonchev–Trinajstić information content (AvgIpc) is 3.32. The third-order valence-corrected chi connectivity index (χ3v) is 3.78. The Hall–Kier alpha value is -3.33. The monoisotopic (exact) mass is 431 g/mol. The molecule has 0 radical (unpaired) electrons. The molecule has 0 saturated carbocycles. The molecule has 2 heterocycles. The summed E-state index contributed by atoms with van der Waals surface area (Å²) in [4.78, 5) is 35.8. The van der Waals surface area contributed by atoms with E-state index in [9.17, 15) is 14.4 Å². The van der Waals surface area contributed by atoms with E-state index >= 15 is 0 Å². The molecule has 3 aromatic rings. The van der Waals surface area contributed by atoms with Gasteiger partial charge in [-0.1, -0.05) is 6.07 Å². The molecule has 0 bridgehead atoms. The summed E-state index contributed by atoms with van der Waals surface area (Å²) in [6.07, 6.45) is 1.40. The molecule has 0 saturated heterocycles. The van der Waals surface area contributed by atoms with E-state index in [4.69, 9.17) is 8.83 Å². The first-order chi connectivity index (χ1) is 13.0. The Bertz CT molecular complexity index is 965. The van der Waals surface area contributed by atoms with E-state index in [0.29, 0.717) is 16.0 Å². The number of rotatable bonds is 6. The molecule has 8 nitrogen and oxygen atoms in total. The average molecular weight is 432 g/mol. The molecule has 0 aliphatic heterocycles. The molecule has 0 spiro atoms. The number of nitrogens with one attached hydrogen (secondary N) is 3. The van der Waals surface area contributed by atoms with E-state index < -0.39 is 17.7 Å². The van der Waals surface area contributed by atoms with Crippen LogP contribution in [0.5, 0.6) is 0 Å². The normalized spacial score (nSPS) is 10.3. The molecule has 3 amide bonds. The van der Waals surface area contributed by atoms with Crippen LogP contribution in [0.25, 0.3) is 0 Å².